The molecule has 0 saturated carbocycles. The van der Waals surface area contributed by atoms with Gasteiger partial charge in [0.25, 0.3) is 0 Å². The lowest BCUT2D eigenvalue weighted by atomic mass is 10.1. The van der Waals surface area contributed by atoms with Crippen LogP contribution in [0.3, 0.4) is 0 Å². The maximum atomic E-state index is 12.7. The summed E-state index contributed by atoms with van der Waals surface area (Å²) in [7, 11) is 0. The fraction of sp³-hybridized carbons (Fsp3) is 0.417. The summed E-state index contributed by atoms with van der Waals surface area (Å²) in [5.41, 5.74) is 6.86. The Morgan fingerprint density at radius 3 is 2.67 bits per heavy atom. The number of alkyl halides is 3. The van der Waals surface area contributed by atoms with Crippen LogP contribution >= 0.6 is 0 Å². The van der Waals surface area contributed by atoms with Gasteiger partial charge in [-0.15, -0.1) is 0 Å². The van der Waals surface area contributed by atoms with Gasteiger partial charge in [-0.05, 0) is 30.5 Å². The van der Waals surface area contributed by atoms with E-state index < -0.39 is 17.8 Å². The Morgan fingerprint density at radius 1 is 1.29 bits per heavy atom. The highest BCUT2D eigenvalue weighted by molar-refractivity contribution is 5.90. The van der Waals surface area contributed by atoms with E-state index >= 15 is 0 Å². The zero-order valence-electron chi connectivity index (χ0n) is 11.0. The lowest BCUT2D eigenvalue weighted by Gasteiger charge is -2.13. The Hall–Kier alpha value is -2.41. The normalized spacial score (nSPS) is 10.6. The summed E-state index contributed by atoms with van der Waals surface area (Å²) in [4.78, 5) is 14.1. The SMILES string of the molecule is [N-]=[N+]=NCCCCNC(=O)Nc1ccccc1C(F)(F)F. The maximum absolute atomic E-state index is 12.7. The number of hydrogen-bond acceptors (Lipinski definition) is 2. The molecule has 0 aromatic heterocycles. The van der Waals surface area contributed by atoms with E-state index in [0.717, 1.165) is 6.07 Å². The lowest BCUT2D eigenvalue weighted by Crippen LogP contribution is -2.30. The summed E-state index contributed by atoms with van der Waals surface area (Å²) in [5.74, 6) is 0. The number of halogens is 3. The fourth-order valence-electron chi connectivity index (χ4n) is 1.56. The van der Waals surface area contributed by atoms with Crippen molar-refractivity contribution in [2.24, 2.45) is 5.11 Å². The summed E-state index contributed by atoms with van der Waals surface area (Å²) in [6, 6.07) is 4.03. The second-order valence-electron chi connectivity index (χ2n) is 4.09. The Bertz CT molecular complexity index is 526. The van der Waals surface area contributed by atoms with Crippen LogP contribution in [0.25, 0.3) is 10.4 Å². The average molecular weight is 301 g/mol. The summed E-state index contributed by atoms with van der Waals surface area (Å²) in [6.45, 7) is 0.595. The van der Waals surface area contributed by atoms with E-state index in [1.54, 1.807) is 0 Å². The fourth-order valence-corrected chi connectivity index (χ4v) is 1.56. The number of carbonyl (C=O) groups is 1. The van der Waals surface area contributed by atoms with Crippen molar-refractivity contribution < 1.29 is 18.0 Å². The van der Waals surface area contributed by atoms with E-state index in [4.69, 9.17) is 5.53 Å². The van der Waals surface area contributed by atoms with E-state index in [1.165, 1.54) is 18.2 Å². The van der Waals surface area contributed by atoms with E-state index in [0.29, 0.717) is 19.4 Å². The average Bonchev–Trinajstić information content (AvgIpc) is 2.42. The summed E-state index contributed by atoms with van der Waals surface area (Å²) in [6.07, 6.45) is -3.38. The number of nitrogens with one attached hydrogen (secondary N) is 2. The van der Waals surface area contributed by atoms with Crippen LogP contribution in [-0.4, -0.2) is 19.1 Å². The van der Waals surface area contributed by atoms with Crippen molar-refractivity contribution in [3.8, 4) is 0 Å². The first-order chi connectivity index (χ1) is 9.95. The number of nitrogens with zero attached hydrogens (tertiary/aromatic N) is 3. The molecule has 0 heterocycles. The predicted molar refractivity (Wildman–Crippen MR) is 71.7 cm³/mol. The third-order valence-electron chi connectivity index (χ3n) is 2.51. The zero-order chi connectivity index (χ0) is 15.7. The van der Waals surface area contributed by atoms with E-state index in [1.807, 2.05) is 0 Å². The van der Waals surface area contributed by atoms with Crippen LogP contribution in [0.4, 0.5) is 23.7 Å². The highest BCUT2D eigenvalue weighted by Gasteiger charge is 2.33. The second kappa shape index (κ2) is 8.01. The number of urea groups is 1. The quantitative estimate of drug-likeness (QED) is 0.354. The molecular weight excluding hydrogens is 287 g/mol. The topological polar surface area (TPSA) is 89.9 Å². The predicted octanol–water partition coefficient (Wildman–Crippen LogP) is 3.92. The van der Waals surface area contributed by atoms with Gasteiger partial charge in [0.15, 0.2) is 0 Å². The van der Waals surface area contributed by atoms with Gasteiger partial charge in [0.2, 0.25) is 0 Å². The molecule has 0 aliphatic rings. The first kappa shape index (κ1) is 16.6. The largest absolute Gasteiger partial charge is 0.418 e. The van der Waals surface area contributed by atoms with Gasteiger partial charge in [-0.3, -0.25) is 0 Å². The number of rotatable bonds is 6. The molecule has 1 aromatic rings. The first-order valence-corrected chi connectivity index (χ1v) is 6.17. The molecule has 1 aromatic carbocycles. The molecule has 1 rings (SSSR count). The molecule has 0 bridgehead atoms. The Labute approximate surface area is 119 Å². The van der Waals surface area contributed by atoms with E-state index in [-0.39, 0.29) is 12.2 Å². The molecule has 0 aliphatic heterocycles. The molecule has 9 heteroatoms. The molecule has 0 spiro atoms. The summed E-state index contributed by atoms with van der Waals surface area (Å²) < 4.78 is 38.1. The van der Waals surface area contributed by atoms with Crippen LogP contribution in [0.1, 0.15) is 18.4 Å². The first-order valence-electron chi connectivity index (χ1n) is 6.17. The van der Waals surface area contributed by atoms with E-state index in [2.05, 4.69) is 20.7 Å². The number of anilines is 1. The van der Waals surface area contributed by atoms with Crippen molar-refractivity contribution in [3.63, 3.8) is 0 Å². The summed E-state index contributed by atoms with van der Waals surface area (Å²) in [5, 5.41) is 7.92. The number of benzene rings is 1. The number of para-hydroxylation sites is 1. The number of azide groups is 1. The van der Waals surface area contributed by atoms with Gasteiger partial charge in [0.1, 0.15) is 0 Å². The summed E-state index contributed by atoms with van der Waals surface area (Å²) >= 11 is 0. The van der Waals surface area contributed by atoms with Crippen LogP contribution in [0.5, 0.6) is 0 Å². The molecule has 0 unspecified atom stereocenters. The van der Waals surface area contributed by atoms with Crippen LogP contribution in [-0.2, 0) is 6.18 Å². The smallest absolute Gasteiger partial charge is 0.338 e. The molecule has 0 aliphatic carbocycles. The number of amides is 2. The van der Waals surface area contributed by atoms with Crippen molar-refractivity contribution in [1.29, 1.82) is 0 Å². The molecule has 2 N–H and O–H groups in total. The van der Waals surface area contributed by atoms with Gasteiger partial charge in [-0.1, -0.05) is 17.2 Å². The molecule has 0 radical (unpaired) electrons. The monoisotopic (exact) mass is 301 g/mol. The number of carbonyl (C=O) groups excluding carboxylic acids is 1. The highest BCUT2D eigenvalue weighted by Crippen LogP contribution is 2.34. The minimum atomic E-state index is -4.53. The lowest BCUT2D eigenvalue weighted by molar-refractivity contribution is -0.136. The van der Waals surface area contributed by atoms with Crippen molar-refractivity contribution in [3.05, 3.63) is 40.3 Å². The van der Waals surface area contributed by atoms with Gasteiger partial charge in [0.05, 0.1) is 11.3 Å². The highest BCUT2D eigenvalue weighted by atomic mass is 19.4. The Balaban J connectivity index is 2.47. The molecule has 6 nitrogen and oxygen atoms in total. The molecular formula is C12H14F3N5O. The van der Waals surface area contributed by atoms with Gasteiger partial charge < -0.3 is 10.6 Å². The van der Waals surface area contributed by atoms with Gasteiger partial charge in [-0.25, -0.2) is 4.79 Å². The Morgan fingerprint density at radius 2 is 2.00 bits per heavy atom. The standard InChI is InChI=1S/C12H14F3N5O/c13-12(14,15)9-5-1-2-6-10(9)19-11(21)17-7-3-4-8-18-20-16/h1-2,5-6H,3-4,7-8H2,(H2,17,19,21). The van der Waals surface area contributed by atoms with Crippen LogP contribution < -0.4 is 10.6 Å². The molecule has 114 valence electrons. The molecule has 0 saturated heterocycles. The minimum absolute atomic E-state index is 0.279. The third-order valence-corrected chi connectivity index (χ3v) is 2.51. The van der Waals surface area contributed by atoms with Crippen molar-refractivity contribution in [2.75, 3.05) is 18.4 Å². The van der Waals surface area contributed by atoms with Crippen LogP contribution in [0, 0.1) is 0 Å². The van der Waals surface area contributed by atoms with Gasteiger partial charge in [-0.2, -0.15) is 13.2 Å². The zero-order valence-corrected chi connectivity index (χ0v) is 11.0. The van der Waals surface area contributed by atoms with Crippen LogP contribution in [0.15, 0.2) is 29.4 Å². The van der Waals surface area contributed by atoms with Crippen molar-refractivity contribution in [1.82, 2.24) is 5.32 Å². The second-order valence-corrected chi connectivity index (χ2v) is 4.09. The molecule has 2 amide bonds. The van der Waals surface area contributed by atoms with Crippen molar-refractivity contribution >= 4 is 11.7 Å². The number of unbranched alkanes of at least 4 members (excludes halogenated alkanes) is 1. The maximum Gasteiger partial charge on any atom is 0.418 e. The number of hydrogen-bond donors (Lipinski definition) is 2. The van der Waals surface area contributed by atoms with E-state index in [9.17, 15) is 18.0 Å². The minimum Gasteiger partial charge on any atom is -0.338 e. The third kappa shape index (κ3) is 6.05. The van der Waals surface area contributed by atoms with Gasteiger partial charge >= 0.3 is 12.2 Å². The molecule has 21 heavy (non-hydrogen) atoms. The Kier molecular flexibility index (Phi) is 6.35. The molecule has 0 fully saturated rings. The van der Waals surface area contributed by atoms with Crippen LogP contribution in [0.2, 0.25) is 0 Å². The van der Waals surface area contributed by atoms with Crippen molar-refractivity contribution in [2.45, 2.75) is 19.0 Å². The van der Waals surface area contributed by atoms with Gasteiger partial charge in [0, 0.05) is 18.0 Å². The molecule has 0 atom stereocenters.